The van der Waals surface area contributed by atoms with E-state index in [4.69, 9.17) is 4.74 Å². The number of benzene rings is 1. The lowest BCUT2D eigenvalue weighted by molar-refractivity contribution is -0.134. The van der Waals surface area contributed by atoms with Gasteiger partial charge in [0.2, 0.25) is 5.91 Å². The largest absolute Gasteiger partial charge is 0.378 e. The number of nitrogens with zero attached hydrogens (tertiary/aromatic N) is 1. The minimum absolute atomic E-state index is 0.155. The van der Waals surface area contributed by atoms with Crippen LogP contribution < -0.4 is 5.32 Å². The Morgan fingerprint density at radius 2 is 1.95 bits per heavy atom. The first kappa shape index (κ1) is 14.0. The van der Waals surface area contributed by atoms with Crippen LogP contribution in [0.3, 0.4) is 0 Å². The predicted octanol–water partition coefficient (Wildman–Crippen LogP) is 1.50. The highest BCUT2D eigenvalue weighted by atomic mass is 16.5. The molecule has 0 saturated carbocycles. The van der Waals surface area contributed by atoms with Gasteiger partial charge in [-0.1, -0.05) is 29.8 Å². The Morgan fingerprint density at radius 1 is 1.32 bits per heavy atom. The van der Waals surface area contributed by atoms with Gasteiger partial charge in [0.25, 0.3) is 0 Å². The fourth-order valence-electron chi connectivity index (χ4n) is 2.14. The number of amides is 1. The van der Waals surface area contributed by atoms with Crippen molar-refractivity contribution in [1.29, 1.82) is 0 Å². The van der Waals surface area contributed by atoms with Gasteiger partial charge in [-0.3, -0.25) is 4.79 Å². The summed E-state index contributed by atoms with van der Waals surface area (Å²) < 4.78 is 5.24. The fourth-order valence-corrected chi connectivity index (χ4v) is 2.14. The van der Waals surface area contributed by atoms with E-state index in [2.05, 4.69) is 43.4 Å². The summed E-state index contributed by atoms with van der Waals surface area (Å²) in [6, 6.07) is 8.58. The van der Waals surface area contributed by atoms with Crippen molar-refractivity contribution >= 4 is 5.91 Å². The zero-order valence-electron chi connectivity index (χ0n) is 11.7. The van der Waals surface area contributed by atoms with E-state index in [-0.39, 0.29) is 11.9 Å². The molecule has 0 radical (unpaired) electrons. The van der Waals surface area contributed by atoms with Gasteiger partial charge < -0.3 is 15.0 Å². The van der Waals surface area contributed by atoms with Gasteiger partial charge in [0.05, 0.1) is 19.8 Å². The van der Waals surface area contributed by atoms with Crippen molar-refractivity contribution in [2.75, 3.05) is 32.8 Å². The standard InChI is InChI=1S/C15H22N2O2/c1-12-3-5-14(6-4-12)13(2)16-11-15(18)17-7-9-19-10-8-17/h3-6,13,16H,7-11H2,1-2H3. The van der Waals surface area contributed by atoms with Crippen LogP contribution in [0.25, 0.3) is 0 Å². The number of hydrogen-bond acceptors (Lipinski definition) is 3. The van der Waals surface area contributed by atoms with E-state index in [1.807, 2.05) is 4.90 Å². The van der Waals surface area contributed by atoms with E-state index < -0.39 is 0 Å². The molecule has 1 aromatic rings. The molecule has 1 amide bonds. The second-order valence-corrected chi connectivity index (χ2v) is 5.01. The normalized spacial score (nSPS) is 17.3. The third-order valence-corrected chi connectivity index (χ3v) is 3.50. The van der Waals surface area contributed by atoms with Crippen molar-refractivity contribution in [3.63, 3.8) is 0 Å². The van der Waals surface area contributed by atoms with Gasteiger partial charge in [0.15, 0.2) is 0 Å². The lowest BCUT2D eigenvalue weighted by atomic mass is 10.1. The highest BCUT2D eigenvalue weighted by Gasteiger charge is 2.17. The maximum absolute atomic E-state index is 12.0. The molecule has 19 heavy (non-hydrogen) atoms. The fraction of sp³-hybridized carbons (Fsp3) is 0.533. The lowest BCUT2D eigenvalue weighted by Crippen LogP contribution is -2.45. The summed E-state index contributed by atoms with van der Waals surface area (Å²) >= 11 is 0. The number of carbonyl (C=O) groups excluding carboxylic acids is 1. The van der Waals surface area contributed by atoms with Crippen molar-refractivity contribution in [2.45, 2.75) is 19.9 Å². The van der Waals surface area contributed by atoms with E-state index in [1.54, 1.807) is 0 Å². The Hall–Kier alpha value is -1.39. The Labute approximate surface area is 114 Å². The highest BCUT2D eigenvalue weighted by Crippen LogP contribution is 2.12. The van der Waals surface area contributed by atoms with Crippen molar-refractivity contribution in [1.82, 2.24) is 10.2 Å². The summed E-state index contributed by atoms with van der Waals surface area (Å²) in [5, 5.41) is 3.28. The SMILES string of the molecule is Cc1ccc(C(C)NCC(=O)N2CCOCC2)cc1. The van der Waals surface area contributed by atoms with Crippen molar-refractivity contribution < 1.29 is 9.53 Å². The Kier molecular flexibility index (Phi) is 4.93. The third kappa shape index (κ3) is 4.04. The highest BCUT2D eigenvalue weighted by molar-refractivity contribution is 5.78. The van der Waals surface area contributed by atoms with Gasteiger partial charge in [-0.2, -0.15) is 0 Å². The molecule has 2 rings (SSSR count). The monoisotopic (exact) mass is 262 g/mol. The second-order valence-electron chi connectivity index (χ2n) is 5.01. The van der Waals surface area contributed by atoms with Gasteiger partial charge in [0.1, 0.15) is 0 Å². The Balaban J connectivity index is 1.80. The van der Waals surface area contributed by atoms with Crippen LogP contribution in [-0.4, -0.2) is 43.7 Å². The van der Waals surface area contributed by atoms with Crippen molar-refractivity contribution in [3.8, 4) is 0 Å². The molecule has 4 heteroatoms. The maximum atomic E-state index is 12.0. The van der Waals surface area contributed by atoms with E-state index in [0.717, 1.165) is 0 Å². The number of rotatable bonds is 4. The van der Waals surface area contributed by atoms with Crippen LogP contribution in [-0.2, 0) is 9.53 Å². The van der Waals surface area contributed by atoms with Gasteiger partial charge in [0, 0.05) is 19.1 Å². The van der Waals surface area contributed by atoms with Crippen LogP contribution >= 0.6 is 0 Å². The molecule has 1 atom stereocenters. The summed E-state index contributed by atoms with van der Waals surface area (Å²) in [7, 11) is 0. The van der Waals surface area contributed by atoms with Crippen molar-refractivity contribution in [2.24, 2.45) is 0 Å². The first-order valence-electron chi connectivity index (χ1n) is 6.82. The first-order valence-corrected chi connectivity index (χ1v) is 6.82. The smallest absolute Gasteiger partial charge is 0.236 e. The molecular weight excluding hydrogens is 240 g/mol. The van der Waals surface area contributed by atoms with Crippen LogP contribution in [0.1, 0.15) is 24.1 Å². The molecule has 1 aromatic carbocycles. The molecule has 0 aromatic heterocycles. The van der Waals surface area contributed by atoms with Crippen LogP contribution in [0, 0.1) is 6.92 Å². The molecule has 104 valence electrons. The number of hydrogen-bond donors (Lipinski definition) is 1. The molecule has 1 fully saturated rings. The molecule has 1 aliphatic heterocycles. The molecule has 1 heterocycles. The Morgan fingerprint density at radius 3 is 2.58 bits per heavy atom. The van der Waals surface area contributed by atoms with E-state index in [1.165, 1.54) is 11.1 Å². The molecule has 1 aliphatic rings. The zero-order valence-corrected chi connectivity index (χ0v) is 11.7. The predicted molar refractivity (Wildman–Crippen MR) is 75.0 cm³/mol. The van der Waals surface area contributed by atoms with Crippen LogP contribution in [0.5, 0.6) is 0 Å². The van der Waals surface area contributed by atoms with Gasteiger partial charge in [-0.05, 0) is 19.4 Å². The number of nitrogens with one attached hydrogen (secondary N) is 1. The quantitative estimate of drug-likeness (QED) is 0.894. The van der Waals surface area contributed by atoms with Gasteiger partial charge in [-0.15, -0.1) is 0 Å². The maximum Gasteiger partial charge on any atom is 0.236 e. The minimum atomic E-state index is 0.155. The summed E-state index contributed by atoms with van der Waals surface area (Å²) in [6.45, 7) is 7.26. The molecule has 0 bridgehead atoms. The molecule has 1 unspecified atom stereocenters. The van der Waals surface area contributed by atoms with E-state index in [0.29, 0.717) is 32.8 Å². The molecule has 4 nitrogen and oxygen atoms in total. The van der Waals surface area contributed by atoms with E-state index in [9.17, 15) is 4.79 Å². The molecule has 0 spiro atoms. The minimum Gasteiger partial charge on any atom is -0.378 e. The average molecular weight is 262 g/mol. The van der Waals surface area contributed by atoms with Crippen molar-refractivity contribution in [3.05, 3.63) is 35.4 Å². The zero-order chi connectivity index (χ0) is 13.7. The van der Waals surface area contributed by atoms with Crippen LogP contribution in [0.15, 0.2) is 24.3 Å². The van der Waals surface area contributed by atoms with Crippen LogP contribution in [0.2, 0.25) is 0 Å². The number of morpholine rings is 1. The summed E-state index contributed by atoms with van der Waals surface area (Å²) in [5.74, 6) is 0.155. The second kappa shape index (κ2) is 6.68. The third-order valence-electron chi connectivity index (χ3n) is 3.50. The number of aryl methyl sites for hydroxylation is 1. The topological polar surface area (TPSA) is 41.6 Å². The summed E-state index contributed by atoms with van der Waals surface area (Å²) in [5.41, 5.74) is 2.46. The molecule has 1 saturated heterocycles. The molecule has 0 aliphatic carbocycles. The van der Waals surface area contributed by atoms with E-state index >= 15 is 0 Å². The lowest BCUT2D eigenvalue weighted by Gasteiger charge is -2.27. The van der Waals surface area contributed by atoms with Gasteiger partial charge in [-0.25, -0.2) is 0 Å². The number of ether oxygens (including phenoxy) is 1. The summed E-state index contributed by atoms with van der Waals surface area (Å²) in [4.78, 5) is 13.9. The average Bonchev–Trinajstić information content (AvgIpc) is 2.46. The molecular formula is C15H22N2O2. The Bertz CT molecular complexity index is 411. The summed E-state index contributed by atoms with van der Waals surface area (Å²) in [6.07, 6.45) is 0. The number of carbonyl (C=O) groups is 1. The van der Waals surface area contributed by atoms with Crippen LogP contribution in [0.4, 0.5) is 0 Å². The van der Waals surface area contributed by atoms with Gasteiger partial charge >= 0.3 is 0 Å². The molecule has 1 N–H and O–H groups in total. The first-order chi connectivity index (χ1) is 9.16.